The molecule has 4 heteroatoms. The third-order valence-electron chi connectivity index (χ3n) is 2.47. The highest BCUT2D eigenvalue weighted by atomic mass is 16.6. The van der Waals surface area contributed by atoms with Crippen molar-refractivity contribution in [2.75, 3.05) is 0 Å². The van der Waals surface area contributed by atoms with E-state index in [1.807, 2.05) is 12.3 Å². The van der Waals surface area contributed by atoms with Crippen molar-refractivity contribution in [1.29, 1.82) is 0 Å². The SMILES string of the molecule is CC(C)n1ccc2cc([N+](=O)[O-])ccc21. The highest BCUT2D eigenvalue weighted by molar-refractivity contribution is 5.82. The summed E-state index contributed by atoms with van der Waals surface area (Å²) in [6, 6.07) is 7.22. The summed E-state index contributed by atoms with van der Waals surface area (Å²) in [5.41, 5.74) is 1.18. The van der Waals surface area contributed by atoms with Gasteiger partial charge in [0.05, 0.1) is 4.92 Å². The molecule has 15 heavy (non-hydrogen) atoms. The smallest absolute Gasteiger partial charge is 0.270 e. The van der Waals surface area contributed by atoms with Crippen molar-refractivity contribution in [3.63, 3.8) is 0 Å². The van der Waals surface area contributed by atoms with E-state index in [1.54, 1.807) is 18.2 Å². The Kier molecular flexibility index (Phi) is 2.19. The van der Waals surface area contributed by atoms with Crippen molar-refractivity contribution in [3.05, 3.63) is 40.6 Å². The zero-order valence-electron chi connectivity index (χ0n) is 8.68. The van der Waals surface area contributed by atoms with Crippen molar-refractivity contribution in [2.24, 2.45) is 0 Å². The van der Waals surface area contributed by atoms with Crippen LogP contribution in [-0.4, -0.2) is 9.49 Å². The minimum atomic E-state index is -0.369. The van der Waals surface area contributed by atoms with Crippen LogP contribution in [-0.2, 0) is 0 Å². The van der Waals surface area contributed by atoms with Crippen LogP contribution < -0.4 is 0 Å². The molecule has 0 aliphatic carbocycles. The van der Waals surface area contributed by atoms with Crippen molar-refractivity contribution >= 4 is 16.6 Å². The lowest BCUT2D eigenvalue weighted by Gasteiger charge is -2.08. The minimum absolute atomic E-state index is 0.143. The maximum absolute atomic E-state index is 10.6. The molecule has 2 rings (SSSR count). The second kappa shape index (κ2) is 3.38. The van der Waals surface area contributed by atoms with Gasteiger partial charge in [0.15, 0.2) is 0 Å². The molecule has 0 bridgehead atoms. The van der Waals surface area contributed by atoms with Gasteiger partial charge in [0.2, 0.25) is 0 Å². The summed E-state index contributed by atoms with van der Waals surface area (Å²) in [6.45, 7) is 4.17. The normalized spacial score (nSPS) is 11.1. The first kappa shape index (κ1) is 9.71. The fourth-order valence-corrected chi connectivity index (χ4v) is 1.72. The summed E-state index contributed by atoms with van der Waals surface area (Å²) >= 11 is 0. The number of nitrogens with zero attached hydrogens (tertiary/aromatic N) is 2. The van der Waals surface area contributed by atoms with E-state index in [9.17, 15) is 10.1 Å². The lowest BCUT2D eigenvalue weighted by molar-refractivity contribution is -0.384. The van der Waals surface area contributed by atoms with E-state index in [-0.39, 0.29) is 10.6 Å². The summed E-state index contributed by atoms with van der Waals surface area (Å²) < 4.78 is 2.10. The first-order valence-corrected chi connectivity index (χ1v) is 4.84. The molecular formula is C11H12N2O2. The number of rotatable bonds is 2. The Hall–Kier alpha value is -1.84. The van der Waals surface area contributed by atoms with Gasteiger partial charge in [-0.1, -0.05) is 0 Å². The van der Waals surface area contributed by atoms with Crippen LogP contribution in [0.4, 0.5) is 5.69 Å². The van der Waals surface area contributed by atoms with E-state index in [0.717, 1.165) is 10.9 Å². The average molecular weight is 204 g/mol. The molecule has 0 saturated heterocycles. The van der Waals surface area contributed by atoms with Gasteiger partial charge in [0.25, 0.3) is 5.69 Å². The summed E-state index contributed by atoms with van der Waals surface area (Å²) in [6.07, 6.45) is 1.96. The largest absolute Gasteiger partial charge is 0.345 e. The zero-order chi connectivity index (χ0) is 11.0. The van der Waals surface area contributed by atoms with Crippen LogP contribution >= 0.6 is 0 Å². The van der Waals surface area contributed by atoms with Crippen LogP contribution in [0.25, 0.3) is 10.9 Å². The molecule has 2 aromatic rings. The van der Waals surface area contributed by atoms with Gasteiger partial charge < -0.3 is 4.57 Å². The molecule has 0 spiro atoms. The lowest BCUT2D eigenvalue weighted by atomic mass is 10.2. The van der Waals surface area contributed by atoms with Gasteiger partial charge in [0.1, 0.15) is 0 Å². The number of non-ortho nitro benzene ring substituents is 1. The maximum Gasteiger partial charge on any atom is 0.270 e. The standard InChI is InChI=1S/C11H12N2O2/c1-8(2)12-6-5-9-7-10(13(14)15)3-4-11(9)12/h3-8H,1-2H3. The molecule has 1 heterocycles. The van der Waals surface area contributed by atoms with Gasteiger partial charge in [-0.05, 0) is 26.0 Å². The van der Waals surface area contributed by atoms with Gasteiger partial charge in [-0.3, -0.25) is 10.1 Å². The quantitative estimate of drug-likeness (QED) is 0.557. The Bertz CT molecular complexity index is 514. The molecule has 1 aromatic carbocycles. The summed E-state index contributed by atoms with van der Waals surface area (Å²) in [7, 11) is 0. The van der Waals surface area contributed by atoms with E-state index in [1.165, 1.54) is 0 Å². The van der Waals surface area contributed by atoms with Crippen LogP contribution in [0.2, 0.25) is 0 Å². The first-order valence-electron chi connectivity index (χ1n) is 4.84. The molecule has 4 nitrogen and oxygen atoms in total. The number of nitro benzene ring substituents is 1. The second-order valence-electron chi connectivity index (χ2n) is 3.82. The van der Waals surface area contributed by atoms with Gasteiger partial charge in [-0.2, -0.15) is 0 Å². The molecule has 78 valence electrons. The van der Waals surface area contributed by atoms with Gasteiger partial charge in [-0.25, -0.2) is 0 Å². The Morgan fingerprint density at radius 2 is 2.07 bits per heavy atom. The van der Waals surface area contributed by atoms with Crippen LogP contribution in [0.3, 0.4) is 0 Å². The van der Waals surface area contributed by atoms with Gasteiger partial charge in [0, 0.05) is 35.3 Å². The molecule has 0 saturated carbocycles. The predicted molar refractivity (Wildman–Crippen MR) is 59.0 cm³/mol. The van der Waals surface area contributed by atoms with E-state index < -0.39 is 0 Å². The molecule has 0 unspecified atom stereocenters. The Balaban J connectivity index is 2.61. The Morgan fingerprint density at radius 3 is 2.67 bits per heavy atom. The fourth-order valence-electron chi connectivity index (χ4n) is 1.72. The third kappa shape index (κ3) is 1.58. The molecular weight excluding hydrogens is 192 g/mol. The summed E-state index contributed by atoms with van der Waals surface area (Å²) in [4.78, 5) is 10.2. The van der Waals surface area contributed by atoms with E-state index in [4.69, 9.17) is 0 Å². The van der Waals surface area contributed by atoms with Crippen molar-refractivity contribution in [1.82, 2.24) is 4.57 Å². The van der Waals surface area contributed by atoms with Crippen LogP contribution in [0.1, 0.15) is 19.9 Å². The van der Waals surface area contributed by atoms with Crippen LogP contribution in [0.5, 0.6) is 0 Å². The number of hydrogen-bond acceptors (Lipinski definition) is 2. The van der Waals surface area contributed by atoms with Crippen molar-refractivity contribution < 1.29 is 4.92 Å². The maximum atomic E-state index is 10.6. The van der Waals surface area contributed by atoms with Crippen LogP contribution in [0, 0.1) is 10.1 Å². The molecule has 0 radical (unpaired) electrons. The second-order valence-corrected chi connectivity index (χ2v) is 3.82. The van der Waals surface area contributed by atoms with E-state index in [2.05, 4.69) is 18.4 Å². The first-order chi connectivity index (χ1) is 7.09. The number of nitro groups is 1. The monoisotopic (exact) mass is 204 g/mol. The zero-order valence-corrected chi connectivity index (χ0v) is 8.68. The molecule has 0 atom stereocenters. The van der Waals surface area contributed by atoms with Gasteiger partial charge in [-0.15, -0.1) is 0 Å². The topological polar surface area (TPSA) is 48.1 Å². The minimum Gasteiger partial charge on any atom is -0.345 e. The van der Waals surface area contributed by atoms with Crippen molar-refractivity contribution in [3.8, 4) is 0 Å². The third-order valence-corrected chi connectivity index (χ3v) is 2.47. The molecule has 0 N–H and O–H groups in total. The van der Waals surface area contributed by atoms with Crippen molar-refractivity contribution in [2.45, 2.75) is 19.9 Å². The molecule has 1 aromatic heterocycles. The Morgan fingerprint density at radius 1 is 1.33 bits per heavy atom. The molecule has 0 amide bonds. The number of aromatic nitrogens is 1. The summed E-state index contributed by atoms with van der Waals surface area (Å²) in [5.74, 6) is 0. The number of benzene rings is 1. The number of fused-ring (bicyclic) bond motifs is 1. The molecule has 0 fully saturated rings. The fraction of sp³-hybridized carbons (Fsp3) is 0.273. The van der Waals surface area contributed by atoms with Crippen LogP contribution in [0.15, 0.2) is 30.5 Å². The van der Waals surface area contributed by atoms with Gasteiger partial charge >= 0.3 is 0 Å². The lowest BCUT2D eigenvalue weighted by Crippen LogP contribution is -1.97. The van der Waals surface area contributed by atoms with E-state index >= 15 is 0 Å². The predicted octanol–water partition coefficient (Wildman–Crippen LogP) is 3.13. The highest BCUT2D eigenvalue weighted by Gasteiger charge is 2.09. The highest BCUT2D eigenvalue weighted by Crippen LogP contribution is 2.24. The Labute approximate surface area is 87.3 Å². The molecule has 0 aliphatic rings. The average Bonchev–Trinajstić information content (AvgIpc) is 2.59. The summed E-state index contributed by atoms with van der Waals surface area (Å²) in [5, 5.41) is 11.5. The molecule has 0 aliphatic heterocycles. The number of hydrogen-bond donors (Lipinski definition) is 0. The van der Waals surface area contributed by atoms with E-state index in [0.29, 0.717) is 6.04 Å².